The number of sulfone groups is 1. The van der Waals surface area contributed by atoms with E-state index in [4.69, 9.17) is 4.74 Å². The number of nitrogens with zero attached hydrogens (tertiary/aromatic N) is 1. The summed E-state index contributed by atoms with van der Waals surface area (Å²) in [5.74, 6) is 0.551. The van der Waals surface area contributed by atoms with E-state index in [0.29, 0.717) is 5.75 Å². The molecule has 5 nitrogen and oxygen atoms in total. The summed E-state index contributed by atoms with van der Waals surface area (Å²) in [4.78, 5) is 13.1. The van der Waals surface area contributed by atoms with Crippen LogP contribution in [0.4, 0.5) is 0 Å². The smallest absolute Gasteiger partial charge is 0.267 e. The van der Waals surface area contributed by atoms with Gasteiger partial charge < -0.3 is 9.64 Å². The lowest BCUT2D eigenvalue weighted by molar-refractivity contribution is -0.133. The number of hydrogen-bond donors (Lipinski definition) is 0. The molecule has 2 fully saturated rings. The highest BCUT2D eigenvalue weighted by molar-refractivity contribution is 8.01. The fourth-order valence-corrected chi connectivity index (χ4v) is 6.75. The lowest BCUT2D eigenvalue weighted by atomic mass is 10.0. The molecule has 0 aliphatic carbocycles. The zero-order chi connectivity index (χ0) is 16.2. The zero-order valence-electron chi connectivity index (χ0n) is 12.8. The van der Waals surface area contributed by atoms with E-state index in [-0.39, 0.29) is 17.2 Å². The Morgan fingerprint density at radius 2 is 2.00 bits per heavy atom. The van der Waals surface area contributed by atoms with Gasteiger partial charge in [0.25, 0.3) is 5.91 Å². The summed E-state index contributed by atoms with van der Waals surface area (Å²) in [5, 5.41) is -0.760. The number of carbonyl (C=O) groups excluding carboxylic acids is 1. The van der Waals surface area contributed by atoms with Gasteiger partial charge in [0, 0.05) is 13.5 Å². The van der Waals surface area contributed by atoms with Gasteiger partial charge in [-0.15, -0.1) is 11.8 Å². The van der Waals surface area contributed by atoms with Gasteiger partial charge >= 0.3 is 0 Å². The second-order valence-corrected chi connectivity index (χ2v) is 9.41. The van der Waals surface area contributed by atoms with E-state index in [1.165, 1.54) is 16.7 Å². The van der Waals surface area contributed by atoms with Gasteiger partial charge in [0.2, 0.25) is 0 Å². The van der Waals surface area contributed by atoms with Crippen LogP contribution in [0.2, 0.25) is 0 Å². The van der Waals surface area contributed by atoms with Crippen molar-refractivity contribution in [1.29, 1.82) is 0 Å². The second kappa shape index (κ2) is 4.97. The van der Waals surface area contributed by atoms with Crippen molar-refractivity contribution in [2.75, 3.05) is 12.8 Å². The normalized spacial score (nSPS) is 34.4. The van der Waals surface area contributed by atoms with Crippen LogP contribution in [0.5, 0.6) is 0 Å². The minimum Gasteiger partial charge on any atom is -0.328 e. The Kier molecular flexibility index (Phi) is 3.58. The van der Waals surface area contributed by atoms with Crippen molar-refractivity contribution >= 4 is 27.5 Å². The van der Waals surface area contributed by atoms with Crippen molar-refractivity contribution in [2.45, 2.75) is 41.1 Å². The fourth-order valence-electron chi connectivity index (χ4n) is 3.30. The number of carbonyl (C=O) groups is 1. The molecule has 0 unspecified atom stereocenters. The molecule has 2 saturated heterocycles. The Bertz CT molecular complexity index is 706. The third kappa shape index (κ3) is 1.95. The van der Waals surface area contributed by atoms with Crippen LogP contribution in [0.25, 0.3) is 0 Å². The zero-order valence-corrected chi connectivity index (χ0v) is 14.4. The summed E-state index contributed by atoms with van der Waals surface area (Å²) < 4.78 is 32.0. The van der Waals surface area contributed by atoms with E-state index in [0.717, 1.165) is 0 Å². The lowest BCUT2D eigenvalue weighted by Crippen LogP contribution is -2.56. The van der Waals surface area contributed by atoms with Crippen molar-refractivity contribution in [3.63, 3.8) is 0 Å². The summed E-state index contributed by atoms with van der Waals surface area (Å²) in [6.07, 6.45) is 0.197. The molecule has 0 spiro atoms. The average Bonchev–Trinajstić information content (AvgIpc) is 2.90. The van der Waals surface area contributed by atoms with Crippen LogP contribution < -0.4 is 0 Å². The van der Waals surface area contributed by atoms with Crippen LogP contribution in [0.3, 0.4) is 0 Å². The SMILES string of the molecule is CCS[C@@]12C[C@@H](S(=O)(=O)c3ccccc3)[C@@](C)(O1)N(C)C2=O. The molecule has 0 aromatic heterocycles. The highest BCUT2D eigenvalue weighted by atomic mass is 32.2. The number of amides is 1. The molecule has 2 heterocycles. The van der Waals surface area contributed by atoms with E-state index in [2.05, 4.69) is 0 Å². The molecule has 120 valence electrons. The summed E-state index contributed by atoms with van der Waals surface area (Å²) >= 11 is 1.38. The van der Waals surface area contributed by atoms with Gasteiger partial charge in [-0.3, -0.25) is 4.79 Å². The highest BCUT2D eigenvalue weighted by Gasteiger charge is 2.71. The van der Waals surface area contributed by atoms with E-state index >= 15 is 0 Å². The first kappa shape index (κ1) is 15.8. The first-order chi connectivity index (χ1) is 10.3. The highest BCUT2D eigenvalue weighted by Crippen LogP contribution is 2.56. The average molecular weight is 341 g/mol. The quantitative estimate of drug-likeness (QED) is 0.837. The molecule has 0 saturated carbocycles. The van der Waals surface area contributed by atoms with Gasteiger partial charge in [0.05, 0.1) is 4.90 Å². The number of hydrogen-bond acceptors (Lipinski definition) is 5. The molecule has 1 amide bonds. The van der Waals surface area contributed by atoms with Gasteiger partial charge in [-0.25, -0.2) is 8.42 Å². The molecular formula is C15H19NO4S2. The molecule has 2 aliphatic rings. The fraction of sp³-hybridized carbons (Fsp3) is 0.533. The number of rotatable bonds is 4. The molecular weight excluding hydrogens is 322 g/mol. The molecule has 2 bridgehead atoms. The molecule has 3 atom stereocenters. The van der Waals surface area contributed by atoms with Crippen LogP contribution in [-0.4, -0.2) is 47.9 Å². The van der Waals surface area contributed by atoms with Gasteiger partial charge in [-0.1, -0.05) is 25.1 Å². The van der Waals surface area contributed by atoms with Crippen LogP contribution >= 0.6 is 11.8 Å². The Morgan fingerprint density at radius 3 is 2.59 bits per heavy atom. The van der Waals surface area contributed by atoms with Crippen molar-refractivity contribution in [3.05, 3.63) is 30.3 Å². The maximum Gasteiger partial charge on any atom is 0.267 e. The standard InChI is InChI=1S/C15H19NO4S2/c1-4-21-15-10-12(14(2,20-15)16(3)13(15)17)22(18,19)11-8-6-5-7-9-11/h5-9,12H,4,10H2,1-3H3/t12-,14-,15-/m1/s1. The van der Waals surface area contributed by atoms with E-state index in [1.807, 2.05) is 6.92 Å². The largest absolute Gasteiger partial charge is 0.328 e. The Morgan fingerprint density at radius 1 is 1.36 bits per heavy atom. The maximum absolute atomic E-state index is 13.0. The lowest BCUT2D eigenvalue weighted by Gasteiger charge is -2.36. The molecule has 1 aromatic rings. The summed E-state index contributed by atoms with van der Waals surface area (Å²) in [7, 11) is -1.95. The van der Waals surface area contributed by atoms with Crippen molar-refractivity contribution < 1.29 is 17.9 Å². The summed E-state index contributed by atoms with van der Waals surface area (Å²) in [6.45, 7) is 3.63. The number of likely N-dealkylation sites (N-methyl/N-ethyl adjacent to an activating group) is 1. The van der Waals surface area contributed by atoms with Crippen LogP contribution in [0, 0.1) is 0 Å². The minimum atomic E-state index is -3.57. The second-order valence-electron chi connectivity index (χ2n) is 5.76. The number of piperidine rings is 1. The molecule has 2 aliphatic heterocycles. The van der Waals surface area contributed by atoms with Gasteiger partial charge in [0.1, 0.15) is 5.25 Å². The van der Waals surface area contributed by atoms with Gasteiger partial charge in [-0.05, 0) is 24.8 Å². The predicted molar refractivity (Wildman–Crippen MR) is 85.2 cm³/mol. The van der Waals surface area contributed by atoms with Gasteiger partial charge in [0.15, 0.2) is 20.5 Å². The van der Waals surface area contributed by atoms with Crippen LogP contribution in [-0.2, 0) is 19.4 Å². The molecule has 22 heavy (non-hydrogen) atoms. The van der Waals surface area contributed by atoms with Crippen molar-refractivity contribution in [1.82, 2.24) is 4.90 Å². The molecule has 7 heteroatoms. The number of likely N-dealkylation sites (tertiary alicyclic amines) is 1. The molecule has 1 aromatic carbocycles. The van der Waals surface area contributed by atoms with Crippen LogP contribution in [0.1, 0.15) is 20.3 Å². The third-order valence-electron chi connectivity index (χ3n) is 4.54. The monoisotopic (exact) mass is 341 g/mol. The number of ether oxygens (including phenoxy) is 1. The third-order valence-corrected chi connectivity index (χ3v) is 8.01. The number of fused-ring (bicyclic) bond motifs is 2. The van der Waals surface area contributed by atoms with E-state index in [9.17, 15) is 13.2 Å². The number of benzene rings is 1. The maximum atomic E-state index is 13.0. The van der Waals surface area contributed by atoms with Gasteiger partial charge in [-0.2, -0.15) is 0 Å². The first-order valence-electron chi connectivity index (χ1n) is 7.19. The van der Waals surface area contributed by atoms with Crippen molar-refractivity contribution in [3.8, 4) is 0 Å². The number of thioether (sulfide) groups is 1. The Hall–Kier alpha value is -1.05. The van der Waals surface area contributed by atoms with Crippen LogP contribution in [0.15, 0.2) is 35.2 Å². The summed E-state index contributed by atoms with van der Waals surface area (Å²) in [6, 6.07) is 8.36. The molecule has 0 radical (unpaired) electrons. The minimum absolute atomic E-state index is 0.138. The predicted octanol–water partition coefficient (Wildman–Crippen LogP) is 1.89. The van der Waals surface area contributed by atoms with Crippen molar-refractivity contribution in [2.24, 2.45) is 0 Å². The summed E-state index contributed by atoms with van der Waals surface area (Å²) in [5.41, 5.74) is -1.12. The van der Waals surface area contributed by atoms with E-state index < -0.39 is 25.7 Å². The first-order valence-corrected chi connectivity index (χ1v) is 9.72. The topological polar surface area (TPSA) is 63.7 Å². The molecule has 0 N–H and O–H groups in total. The Labute approximate surface area is 134 Å². The van der Waals surface area contributed by atoms with E-state index in [1.54, 1.807) is 44.3 Å². The molecule has 3 rings (SSSR count). The Balaban J connectivity index is 2.06.